The Kier molecular flexibility index (Phi) is 3.60. The van der Waals surface area contributed by atoms with Crippen molar-refractivity contribution in [1.29, 1.82) is 0 Å². The highest BCUT2D eigenvalue weighted by Crippen LogP contribution is 2.23. The molecule has 0 amide bonds. The average Bonchev–Trinajstić information content (AvgIpc) is 2.36. The van der Waals surface area contributed by atoms with Crippen LogP contribution in [0.5, 0.6) is 0 Å². The molecule has 1 aliphatic heterocycles. The first-order valence-electron chi connectivity index (χ1n) is 3.95. The number of hydrogen-bond acceptors (Lipinski definition) is 6. The molecule has 4 N–H and O–H groups in total. The van der Waals surface area contributed by atoms with E-state index in [0.717, 1.165) is 0 Å². The zero-order chi connectivity index (χ0) is 10.0. The van der Waals surface area contributed by atoms with Crippen LogP contribution in [0.2, 0.25) is 0 Å². The van der Waals surface area contributed by atoms with Gasteiger partial charge in [0.15, 0.2) is 6.29 Å². The minimum absolute atomic E-state index is 0.350. The molecule has 0 radical (unpaired) electrons. The normalized spacial score (nSPS) is 42.2. The van der Waals surface area contributed by atoms with E-state index >= 15 is 0 Å². The van der Waals surface area contributed by atoms with Gasteiger partial charge in [0, 0.05) is 7.11 Å². The largest absolute Gasteiger partial charge is 0.394 e. The molecule has 78 valence electrons. The molecule has 0 aromatic heterocycles. The van der Waals surface area contributed by atoms with Gasteiger partial charge < -0.3 is 29.9 Å². The molecule has 6 nitrogen and oxygen atoms in total. The Balaban J connectivity index is 2.61. The first-order valence-corrected chi connectivity index (χ1v) is 3.95. The molecule has 1 aliphatic rings. The fourth-order valence-corrected chi connectivity index (χ4v) is 1.31. The fraction of sp³-hybridized carbons (Fsp3) is 1.00. The van der Waals surface area contributed by atoms with Crippen LogP contribution >= 0.6 is 0 Å². The molecule has 0 bridgehead atoms. The smallest absolute Gasteiger partial charge is 0.184 e. The summed E-state index contributed by atoms with van der Waals surface area (Å²) in [6.45, 7) is -0.350. The van der Waals surface area contributed by atoms with Gasteiger partial charge in [-0.1, -0.05) is 0 Å². The lowest BCUT2D eigenvalue weighted by Crippen LogP contribution is -2.41. The summed E-state index contributed by atoms with van der Waals surface area (Å²) in [5, 5.41) is 36.3. The third-order valence-electron chi connectivity index (χ3n) is 2.12. The Morgan fingerprint density at radius 1 is 1.31 bits per heavy atom. The highest BCUT2D eigenvalue weighted by atomic mass is 16.7. The lowest BCUT2D eigenvalue weighted by Gasteiger charge is -2.21. The Hall–Kier alpha value is -0.240. The first-order chi connectivity index (χ1) is 6.11. The van der Waals surface area contributed by atoms with E-state index in [1.807, 2.05) is 0 Å². The van der Waals surface area contributed by atoms with Crippen LogP contribution < -0.4 is 0 Å². The minimum atomic E-state index is -1.43. The second-order valence-corrected chi connectivity index (χ2v) is 2.93. The number of ether oxygens (including phenoxy) is 2. The maximum Gasteiger partial charge on any atom is 0.184 e. The lowest BCUT2D eigenvalue weighted by molar-refractivity contribution is -0.155. The molecule has 6 heteroatoms. The molecule has 1 unspecified atom stereocenters. The number of methoxy groups -OCH3 is 1. The SMILES string of the molecule is CO[C@H](CO)[C@H]1OC(O)[C@H](O)[C@H]1O. The van der Waals surface area contributed by atoms with Crippen LogP contribution in [0.4, 0.5) is 0 Å². The second kappa shape index (κ2) is 4.32. The van der Waals surface area contributed by atoms with Crippen LogP contribution in [-0.4, -0.2) is 64.8 Å². The molecule has 1 fully saturated rings. The van der Waals surface area contributed by atoms with Gasteiger partial charge in [0.1, 0.15) is 24.4 Å². The van der Waals surface area contributed by atoms with Gasteiger partial charge in [-0.05, 0) is 0 Å². The number of aliphatic hydroxyl groups excluding tert-OH is 4. The van der Waals surface area contributed by atoms with Gasteiger partial charge in [0.05, 0.1) is 6.61 Å². The van der Waals surface area contributed by atoms with Crippen LogP contribution in [0.3, 0.4) is 0 Å². The number of rotatable bonds is 3. The number of hydrogen-bond donors (Lipinski definition) is 4. The van der Waals surface area contributed by atoms with Crippen LogP contribution in [-0.2, 0) is 9.47 Å². The van der Waals surface area contributed by atoms with Crippen molar-refractivity contribution in [3.8, 4) is 0 Å². The van der Waals surface area contributed by atoms with Gasteiger partial charge in [0.25, 0.3) is 0 Å². The van der Waals surface area contributed by atoms with Crippen LogP contribution in [0, 0.1) is 0 Å². The van der Waals surface area contributed by atoms with Gasteiger partial charge in [-0.15, -0.1) is 0 Å². The van der Waals surface area contributed by atoms with E-state index in [2.05, 4.69) is 0 Å². The van der Waals surface area contributed by atoms with Crippen molar-refractivity contribution in [3.63, 3.8) is 0 Å². The molecule has 0 aromatic rings. The van der Waals surface area contributed by atoms with E-state index in [9.17, 15) is 5.11 Å². The average molecular weight is 194 g/mol. The minimum Gasteiger partial charge on any atom is -0.394 e. The highest BCUT2D eigenvalue weighted by Gasteiger charge is 2.45. The highest BCUT2D eigenvalue weighted by molar-refractivity contribution is 4.90. The molecule has 0 spiro atoms. The lowest BCUT2D eigenvalue weighted by atomic mass is 10.1. The molecule has 0 aromatic carbocycles. The summed E-state index contributed by atoms with van der Waals surface area (Å²) >= 11 is 0. The topological polar surface area (TPSA) is 99.4 Å². The fourth-order valence-electron chi connectivity index (χ4n) is 1.31. The second-order valence-electron chi connectivity index (χ2n) is 2.93. The zero-order valence-corrected chi connectivity index (χ0v) is 7.20. The monoisotopic (exact) mass is 194 g/mol. The molecule has 5 atom stereocenters. The summed E-state index contributed by atoms with van der Waals surface area (Å²) in [6, 6.07) is 0. The summed E-state index contributed by atoms with van der Waals surface area (Å²) < 4.78 is 9.59. The predicted octanol–water partition coefficient (Wildman–Crippen LogP) is -2.57. The molecule has 1 rings (SSSR count). The van der Waals surface area contributed by atoms with E-state index in [1.54, 1.807) is 0 Å². The van der Waals surface area contributed by atoms with Crippen molar-refractivity contribution in [2.75, 3.05) is 13.7 Å². The quantitative estimate of drug-likeness (QED) is 0.394. The van der Waals surface area contributed by atoms with E-state index < -0.39 is 30.7 Å². The predicted molar refractivity (Wildman–Crippen MR) is 40.8 cm³/mol. The van der Waals surface area contributed by atoms with Crippen molar-refractivity contribution in [2.24, 2.45) is 0 Å². The van der Waals surface area contributed by atoms with E-state index in [-0.39, 0.29) is 6.61 Å². The van der Waals surface area contributed by atoms with Gasteiger partial charge in [-0.25, -0.2) is 0 Å². The van der Waals surface area contributed by atoms with E-state index in [4.69, 9.17) is 24.8 Å². The van der Waals surface area contributed by atoms with Crippen LogP contribution in [0.1, 0.15) is 0 Å². The van der Waals surface area contributed by atoms with Crippen molar-refractivity contribution in [2.45, 2.75) is 30.7 Å². The van der Waals surface area contributed by atoms with Gasteiger partial charge in [0.2, 0.25) is 0 Å². The van der Waals surface area contributed by atoms with E-state index in [1.165, 1.54) is 7.11 Å². The summed E-state index contributed by atoms with van der Waals surface area (Å²) in [7, 11) is 1.34. The summed E-state index contributed by atoms with van der Waals surface area (Å²) in [4.78, 5) is 0. The van der Waals surface area contributed by atoms with Crippen molar-refractivity contribution in [1.82, 2.24) is 0 Å². The summed E-state index contributed by atoms with van der Waals surface area (Å²) in [6.07, 6.45) is -5.67. The Morgan fingerprint density at radius 2 is 1.92 bits per heavy atom. The number of aliphatic hydroxyl groups is 4. The first kappa shape index (κ1) is 10.8. The van der Waals surface area contributed by atoms with Crippen molar-refractivity contribution >= 4 is 0 Å². The molecule has 1 heterocycles. The summed E-state index contributed by atoms with van der Waals surface area (Å²) in [5.74, 6) is 0. The van der Waals surface area contributed by atoms with Crippen LogP contribution in [0.15, 0.2) is 0 Å². The maximum absolute atomic E-state index is 9.33. The van der Waals surface area contributed by atoms with Crippen molar-refractivity contribution < 1.29 is 29.9 Å². The molecule has 1 saturated heterocycles. The third-order valence-corrected chi connectivity index (χ3v) is 2.12. The maximum atomic E-state index is 9.33. The Morgan fingerprint density at radius 3 is 2.23 bits per heavy atom. The molecular formula is C7H14O6. The third kappa shape index (κ3) is 1.98. The van der Waals surface area contributed by atoms with Gasteiger partial charge in [-0.3, -0.25) is 0 Å². The molecule has 0 aliphatic carbocycles. The molecular weight excluding hydrogens is 180 g/mol. The van der Waals surface area contributed by atoms with E-state index in [0.29, 0.717) is 0 Å². The van der Waals surface area contributed by atoms with Crippen molar-refractivity contribution in [3.05, 3.63) is 0 Å². The standard InChI is InChI=1S/C7H14O6/c1-12-3(2-8)6-4(9)5(10)7(11)13-6/h3-11H,2H2,1H3/t3-,4-,5-,6-,7?/m1/s1. The summed E-state index contributed by atoms with van der Waals surface area (Å²) in [5.41, 5.74) is 0. The zero-order valence-electron chi connectivity index (χ0n) is 7.20. The molecule has 13 heavy (non-hydrogen) atoms. The Labute approximate surface area is 75.3 Å². The van der Waals surface area contributed by atoms with Gasteiger partial charge >= 0.3 is 0 Å². The molecule has 0 saturated carbocycles. The van der Waals surface area contributed by atoms with Crippen LogP contribution in [0.25, 0.3) is 0 Å². The Bertz CT molecular complexity index is 157. The van der Waals surface area contributed by atoms with Gasteiger partial charge in [-0.2, -0.15) is 0 Å².